The van der Waals surface area contributed by atoms with Crippen molar-refractivity contribution in [3.05, 3.63) is 104 Å². The lowest BCUT2D eigenvalue weighted by atomic mass is 10.1. The van der Waals surface area contributed by atoms with Crippen LogP contribution in [0.5, 0.6) is 5.75 Å². The zero-order chi connectivity index (χ0) is 24.9. The van der Waals surface area contributed by atoms with Gasteiger partial charge >= 0.3 is 5.97 Å². The number of thioether (sulfide) groups is 1. The average molecular weight is 505 g/mol. The first-order valence-corrected chi connectivity index (χ1v) is 11.5. The Labute approximate surface area is 210 Å². The van der Waals surface area contributed by atoms with Gasteiger partial charge in [-0.1, -0.05) is 48.0 Å². The number of carbonyl (C=O) groups excluding carboxylic acids is 2. The van der Waals surface area contributed by atoms with Gasteiger partial charge in [-0.2, -0.15) is 5.26 Å². The van der Waals surface area contributed by atoms with Gasteiger partial charge in [-0.25, -0.2) is 4.79 Å². The molecule has 1 aliphatic heterocycles. The molecule has 2 amide bonds. The van der Waals surface area contributed by atoms with Crippen molar-refractivity contribution in [2.45, 2.75) is 13.2 Å². The van der Waals surface area contributed by atoms with E-state index in [1.165, 1.54) is 12.1 Å². The second-order valence-electron chi connectivity index (χ2n) is 7.52. The molecule has 0 aromatic heterocycles. The highest BCUT2D eigenvalue weighted by atomic mass is 35.5. The van der Waals surface area contributed by atoms with Gasteiger partial charge < -0.3 is 9.84 Å². The highest BCUT2D eigenvalue weighted by Gasteiger charge is 2.35. The fourth-order valence-corrected chi connectivity index (χ4v) is 4.49. The first kappa shape index (κ1) is 24.1. The molecule has 4 rings (SSSR count). The topological polar surface area (TPSA) is 108 Å². The fourth-order valence-electron chi connectivity index (χ4n) is 3.40. The van der Waals surface area contributed by atoms with Gasteiger partial charge in [-0.3, -0.25) is 14.5 Å². The van der Waals surface area contributed by atoms with E-state index in [9.17, 15) is 19.6 Å². The van der Waals surface area contributed by atoms with Crippen molar-refractivity contribution in [2.24, 2.45) is 0 Å². The van der Waals surface area contributed by atoms with Crippen LogP contribution < -0.4 is 4.74 Å². The van der Waals surface area contributed by atoms with Crippen LogP contribution in [0.15, 0.2) is 71.6 Å². The van der Waals surface area contributed by atoms with Crippen LogP contribution in [0.1, 0.15) is 32.6 Å². The van der Waals surface area contributed by atoms with Gasteiger partial charge in [0, 0.05) is 0 Å². The standard InChI is InChI=1S/C26H17ClN2O5S/c27-21-11-16(8-9-22(21)34-15-17-4-3-7-18(10-17)25(31)32)12-23-24(30)29(26(33)35-23)14-20-6-2-1-5-19(20)13-28/h1-12H,14-15H2,(H,31,32)/b23-12+. The van der Waals surface area contributed by atoms with E-state index in [4.69, 9.17) is 21.4 Å². The molecule has 1 N–H and O–H groups in total. The van der Waals surface area contributed by atoms with Crippen LogP contribution in [0.3, 0.4) is 0 Å². The maximum absolute atomic E-state index is 12.8. The lowest BCUT2D eigenvalue weighted by molar-refractivity contribution is -0.123. The quantitative estimate of drug-likeness (QED) is 0.409. The molecule has 35 heavy (non-hydrogen) atoms. The maximum Gasteiger partial charge on any atom is 0.335 e. The number of hydrogen-bond donors (Lipinski definition) is 1. The molecule has 1 fully saturated rings. The van der Waals surface area contributed by atoms with E-state index < -0.39 is 17.1 Å². The number of rotatable bonds is 7. The lowest BCUT2D eigenvalue weighted by Crippen LogP contribution is -2.27. The summed E-state index contributed by atoms with van der Waals surface area (Å²) in [5.74, 6) is -1.07. The van der Waals surface area contributed by atoms with E-state index in [1.54, 1.807) is 60.7 Å². The summed E-state index contributed by atoms with van der Waals surface area (Å²) in [4.78, 5) is 37.8. The Morgan fingerprint density at radius 1 is 1.11 bits per heavy atom. The first-order valence-electron chi connectivity index (χ1n) is 10.3. The van der Waals surface area contributed by atoms with Crippen LogP contribution in [-0.4, -0.2) is 27.1 Å². The summed E-state index contributed by atoms with van der Waals surface area (Å²) in [5.41, 5.74) is 2.46. The molecule has 1 saturated heterocycles. The van der Waals surface area contributed by atoms with Crippen molar-refractivity contribution < 1.29 is 24.2 Å². The second-order valence-corrected chi connectivity index (χ2v) is 8.92. The van der Waals surface area contributed by atoms with Crippen LogP contribution in [0.25, 0.3) is 6.08 Å². The number of halogens is 1. The molecule has 9 heteroatoms. The summed E-state index contributed by atoms with van der Waals surface area (Å²) >= 11 is 7.17. The Balaban J connectivity index is 1.46. The SMILES string of the molecule is N#Cc1ccccc1CN1C(=O)S/C(=C/c2ccc(OCc3cccc(C(=O)O)c3)c(Cl)c2)C1=O. The van der Waals surface area contributed by atoms with Crippen molar-refractivity contribution in [2.75, 3.05) is 0 Å². The predicted octanol–water partition coefficient (Wildman–Crippen LogP) is 5.73. The molecular formula is C26H17ClN2O5S. The Hall–Kier alpha value is -4.06. The fraction of sp³-hybridized carbons (Fsp3) is 0.0769. The number of nitriles is 1. The van der Waals surface area contributed by atoms with Gasteiger partial charge in [0.2, 0.25) is 0 Å². The molecule has 0 atom stereocenters. The van der Waals surface area contributed by atoms with Gasteiger partial charge in [0.05, 0.1) is 33.7 Å². The molecule has 0 saturated carbocycles. The van der Waals surface area contributed by atoms with Gasteiger partial charge in [0.1, 0.15) is 12.4 Å². The number of amides is 2. The number of benzene rings is 3. The molecule has 0 spiro atoms. The van der Waals surface area contributed by atoms with Gasteiger partial charge in [0.25, 0.3) is 11.1 Å². The summed E-state index contributed by atoms with van der Waals surface area (Å²) in [6, 6.07) is 20.3. The average Bonchev–Trinajstić information content (AvgIpc) is 3.11. The zero-order valence-electron chi connectivity index (χ0n) is 18.1. The molecule has 1 heterocycles. The molecule has 0 bridgehead atoms. The Kier molecular flexibility index (Phi) is 7.20. The zero-order valence-corrected chi connectivity index (χ0v) is 19.7. The Morgan fingerprint density at radius 2 is 1.91 bits per heavy atom. The molecule has 0 unspecified atom stereocenters. The highest BCUT2D eigenvalue weighted by molar-refractivity contribution is 8.18. The Morgan fingerprint density at radius 3 is 2.66 bits per heavy atom. The third-order valence-corrected chi connectivity index (χ3v) is 6.36. The maximum atomic E-state index is 12.8. The van der Waals surface area contributed by atoms with Crippen LogP contribution in [-0.2, 0) is 17.9 Å². The van der Waals surface area contributed by atoms with E-state index in [0.717, 1.165) is 16.7 Å². The number of imide groups is 1. The minimum Gasteiger partial charge on any atom is -0.487 e. The lowest BCUT2D eigenvalue weighted by Gasteiger charge is -2.13. The summed E-state index contributed by atoms with van der Waals surface area (Å²) in [5, 5.41) is 18.2. The third-order valence-electron chi connectivity index (χ3n) is 5.16. The van der Waals surface area contributed by atoms with Crippen molar-refractivity contribution in [3.63, 3.8) is 0 Å². The van der Waals surface area contributed by atoms with Gasteiger partial charge in [0.15, 0.2) is 0 Å². The second kappa shape index (κ2) is 10.5. The monoisotopic (exact) mass is 504 g/mol. The first-order chi connectivity index (χ1) is 16.9. The van der Waals surface area contributed by atoms with Gasteiger partial charge in [-0.05, 0) is 64.9 Å². The number of carboxylic acids is 1. The normalized spacial score (nSPS) is 14.3. The van der Waals surface area contributed by atoms with E-state index in [0.29, 0.717) is 33.0 Å². The van der Waals surface area contributed by atoms with Crippen molar-refractivity contribution in [1.82, 2.24) is 4.90 Å². The number of carbonyl (C=O) groups is 3. The van der Waals surface area contributed by atoms with E-state index >= 15 is 0 Å². The molecule has 7 nitrogen and oxygen atoms in total. The largest absolute Gasteiger partial charge is 0.487 e. The minimum absolute atomic E-state index is 0.0162. The molecule has 3 aromatic rings. The number of carboxylic acid groups (broad SMARTS) is 1. The molecule has 3 aromatic carbocycles. The smallest absolute Gasteiger partial charge is 0.335 e. The molecule has 0 aliphatic carbocycles. The van der Waals surface area contributed by atoms with Crippen molar-refractivity contribution in [3.8, 4) is 11.8 Å². The van der Waals surface area contributed by atoms with E-state index in [2.05, 4.69) is 6.07 Å². The summed E-state index contributed by atoms with van der Waals surface area (Å²) in [7, 11) is 0. The third kappa shape index (κ3) is 5.54. The number of hydrogen-bond acceptors (Lipinski definition) is 6. The van der Waals surface area contributed by atoms with Crippen LogP contribution >= 0.6 is 23.4 Å². The highest BCUT2D eigenvalue weighted by Crippen LogP contribution is 2.35. The van der Waals surface area contributed by atoms with E-state index in [-0.39, 0.29) is 23.6 Å². The molecule has 1 aliphatic rings. The summed E-state index contributed by atoms with van der Waals surface area (Å²) in [6.45, 7) is 0.144. The molecule has 174 valence electrons. The van der Waals surface area contributed by atoms with Gasteiger partial charge in [-0.15, -0.1) is 0 Å². The van der Waals surface area contributed by atoms with E-state index in [1.807, 2.05) is 0 Å². The summed E-state index contributed by atoms with van der Waals surface area (Å²) < 4.78 is 5.72. The minimum atomic E-state index is -1.02. The van der Waals surface area contributed by atoms with Crippen LogP contribution in [0.4, 0.5) is 4.79 Å². The van der Waals surface area contributed by atoms with Crippen molar-refractivity contribution >= 4 is 46.6 Å². The van der Waals surface area contributed by atoms with Crippen LogP contribution in [0, 0.1) is 11.3 Å². The predicted molar refractivity (Wildman–Crippen MR) is 132 cm³/mol. The number of ether oxygens (including phenoxy) is 1. The number of aromatic carboxylic acids is 1. The Bertz CT molecular complexity index is 1410. The number of nitrogens with zero attached hydrogens (tertiary/aromatic N) is 2. The van der Waals surface area contributed by atoms with Crippen LogP contribution in [0.2, 0.25) is 5.02 Å². The molecule has 0 radical (unpaired) electrons. The van der Waals surface area contributed by atoms with Crippen molar-refractivity contribution in [1.29, 1.82) is 5.26 Å². The summed E-state index contributed by atoms with van der Waals surface area (Å²) in [6.07, 6.45) is 1.58. The molecular weight excluding hydrogens is 488 g/mol.